The summed E-state index contributed by atoms with van der Waals surface area (Å²) >= 11 is 1.25. The second kappa shape index (κ2) is 9.15. The lowest BCUT2D eigenvalue weighted by Gasteiger charge is -2.01. The molecule has 0 N–H and O–H groups in total. The molecule has 35 heavy (non-hydrogen) atoms. The van der Waals surface area contributed by atoms with E-state index in [1.165, 1.54) is 40.4 Å². The molecule has 10 nitrogen and oxygen atoms in total. The highest BCUT2D eigenvalue weighted by Gasteiger charge is 2.15. The van der Waals surface area contributed by atoms with Gasteiger partial charge in [0.15, 0.2) is 5.76 Å². The van der Waals surface area contributed by atoms with E-state index < -0.39 is 9.85 Å². The second-order valence-electron chi connectivity index (χ2n) is 7.31. The Labute approximate surface area is 201 Å². The average Bonchev–Trinajstić information content (AvgIpc) is 3.47. The molecule has 0 radical (unpaired) electrons. The molecule has 0 unspecified atom stereocenters. The Bertz CT molecular complexity index is 1630. The molecule has 0 amide bonds. The van der Waals surface area contributed by atoms with Gasteiger partial charge in [-0.15, -0.1) is 11.3 Å². The monoisotopic (exact) mass is 485 g/mol. The van der Waals surface area contributed by atoms with Crippen LogP contribution in [0.15, 0.2) is 98.8 Å². The summed E-state index contributed by atoms with van der Waals surface area (Å²) < 4.78 is 7.53. The maximum Gasteiger partial charge on any atom is 0.294 e. The van der Waals surface area contributed by atoms with Gasteiger partial charge in [0.1, 0.15) is 17.0 Å². The summed E-state index contributed by atoms with van der Waals surface area (Å²) in [7, 11) is 0. The Kier molecular flexibility index (Phi) is 5.73. The Morgan fingerprint density at radius 3 is 2.40 bits per heavy atom. The number of rotatable bonds is 6. The number of aromatic nitrogens is 1. The van der Waals surface area contributed by atoms with E-state index >= 15 is 0 Å². The third-order valence-electron chi connectivity index (χ3n) is 5.08. The number of nitro benzene ring substituents is 2. The maximum absolute atomic E-state index is 11.5. The van der Waals surface area contributed by atoms with Crippen molar-refractivity contribution in [1.29, 1.82) is 0 Å². The van der Waals surface area contributed by atoms with Gasteiger partial charge in [-0.2, -0.15) is 5.10 Å². The molecule has 0 aliphatic rings. The summed E-state index contributed by atoms with van der Waals surface area (Å²) in [6.45, 7) is 0. The first-order valence-electron chi connectivity index (χ1n) is 10.3. The number of furan rings is 1. The number of benzene rings is 3. The minimum Gasteiger partial charge on any atom is -0.454 e. The van der Waals surface area contributed by atoms with E-state index in [1.54, 1.807) is 35.7 Å². The van der Waals surface area contributed by atoms with Crippen molar-refractivity contribution >= 4 is 45.6 Å². The molecule has 0 saturated heterocycles. The zero-order valence-electron chi connectivity index (χ0n) is 17.8. The number of hydrogen-bond donors (Lipinski definition) is 0. The number of thiazole rings is 1. The molecule has 5 aromatic rings. The van der Waals surface area contributed by atoms with Crippen molar-refractivity contribution in [3.8, 4) is 11.5 Å². The van der Waals surface area contributed by atoms with E-state index in [0.717, 1.165) is 5.39 Å². The molecule has 0 aliphatic heterocycles. The van der Waals surface area contributed by atoms with E-state index in [-0.39, 0.29) is 17.1 Å². The van der Waals surface area contributed by atoms with Crippen LogP contribution in [0, 0.1) is 20.2 Å². The Balaban J connectivity index is 1.65. The lowest BCUT2D eigenvalue weighted by molar-refractivity contribution is -0.384. The molecule has 0 aliphatic carbocycles. The van der Waals surface area contributed by atoms with E-state index in [4.69, 9.17) is 4.42 Å². The van der Waals surface area contributed by atoms with Gasteiger partial charge in [-0.3, -0.25) is 20.2 Å². The third kappa shape index (κ3) is 4.48. The lowest BCUT2D eigenvalue weighted by Crippen LogP contribution is -2.11. The van der Waals surface area contributed by atoms with E-state index in [0.29, 0.717) is 27.4 Å². The molecule has 3 aromatic carbocycles. The summed E-state index contributed by atoms with van der Waals surface area (Å²) in [6, 6.07) is 21.6. The summed E-state index contributed by atoms with van der Waals surface area (Å²) in [5, 5.41) is 29.6. The van der Waals surface area contributed by atoms with Crippen molar-refractivity contribution in [3.63, 3.8) is 0 Å². The quantitative estimate of drug-likeness (QED) is 0.168. The SMILES string of the molecule is O=[N+]([O-])c1ccc(C=Nn2c(-c3cc4ccccc4o3)csc2=Nc2ccccc2[N+](=O)[O-])cc1. The van der Waals surface area contributed by atoms with Gasteiger partial charge in [0, 0.05) is 29.0 Å². The largest absolute Gasteiger partial charge is 0.454 e. The predicted octanol–water partition coefficient (Wildman–Crippen LogP) is 5.89. The fourth-order valence-corrected chi connectivity index (χ4v) is 4.22. The van der Waals surface area contributed by atoms with Crippen LogP contribution in [0.3, 0.4) is 0 Å². The van der Waals surface area contributed by atoms with Crippen LogP contribution in [-0.4, -0.2) is 20.7 Å². The Morgan fingerprint density at radius 2 is 1.66 bits per heavy atom. The van der Waals surface area contributed by atoms with Crippen molar-refractivity contribution in [2.24, 2.45) is 10.1 Å². The van der Waals surface area contributed by atoms with Crippen molar-refractivity contribution < 1.29 is 14.3 Å². The highest BCUT2D eigenvalue weighted by Crippen LogP contribution is 2.29. The maximum atomic E-state index is 11.5. The van der Waals surface area contributed by atoms with Gasteiger partial charge in [-0.25, -0.2) is 9.67 Å². The first-order valence-corrected chi connectivity index (χ1v) is 11.1. The second-order valence-corrected chi connectivity index (χ2v) is 8.15. The van der Waals surface area contributed by atoms with Gasteiger partial charge >= 0.3 is 0 Å². The van der Waals surface area contributed by atoms with Crippen LogP contribution >= 0.6 is 11.3 Å². The van der Waals surface area contributed by atoms with Gasteiger partial charge in [0.2, 0.25) is 4.80 Å². The smallest absolute Gasteiger partial charge is 0.294 e. The van der Waals surface area contributed by atoms with Crippen molar-refractivity contribution in [1.82, 2.24) is 4.68 Å². The number of fused-ring (bicyclic) bond motifs is 1. The van der Waals surface area contributed by atoms with Crippen LogP contribution < -0.4 is 4.80 Å². The van der Waals surface area contributed by atoms with Crippen LogP contribution in [0.25, 0.3) is 22.4 Å². The molecule has 2 heterocycles. The Morgan fingerprint density at radius 1 is 0.914 bits per heavy atom. The summed E-state index contributed by atoms with van der Waals surface area (Å²) in [5.41, 5.74) is 1.97. The highest BCUT2D eigenvalue weighted by atomic mass is 32.1. The van der Waals surface area contributed by atoms with Crippen LogP contribution in [0.5, 0.6) is 0 Å². The molecule has 2 aromatic heterocycles. The minimum absolute atomic E-state index is 0.0274. The lowest BCUT2D eigenvalue weighted by atomic mass is 10.2. The van der Waals surface area contributed by atoms with Crippen molar-refractivity contribution in [2.45, 2.75) is 0 Å². The molecule has 0 fully saturated rings. The summed E-state index contributed by atoms with van der Waals surface area (Å²) in [4.78, 5) is 26.3. The van der Waals surface area contributed by atoms with Crippen LogP contribution in [0.1, 0.15) is 5.56 Å². The first kappa shape index (κ1) is 21.9. The van der Waals surface area contributed by atoms with Gasteiger partial charge in [0.25, 0.3) is 11.4 Å². The summed E-state index contributed by atoms with van der Waals surface area (Å²) in [6.07, 6.45) is 1.53. The molecule has 5 rings (SSSR count). The number of nitro groups is 2. The normalized spacial score (nSPS) is 11.9. The molecule has 0 saturated carbocycles. The molecule has 0 spiro atoms. The van der Waals surface area contributed by atoms with E-state index in [9.17, 15) is 20.2 Å². The number of hydrogen-bond acceptors (Lipinski definition) is 8. The minimum atomic E-state index is -0.489. The molecular weight excluding hydrogens is 470 g/mol. The molecule has 11 heteroatoms. The zero-order valence-corrected chi connectivity index (χ0v) is 18.7. The van der Waals surface area contributed by atoms with Crippen LogP contribution in [0.4, 0.5) is 17.1 Å². The standard InChI is InChI=1S/C24H15N5O5S/c30-28(31)18-11-9-16(10-12-18)14-25-27-21(23-13-17-5-1-4-8-22(17)34-23)15-35-24(27)26-19-6-2-3-7-20(19)29(32)33/h1-15H. The van der Waals surface area contributed by atoms with Crippen molar-refractivity contribution in [2.75, 3.05) is 0 Å². The summed E-state index contributed by atoms with van der Waals surface area (Å²) in [5.74, 6) is 0.548. The van der Waals surface area contributed by atoms with Crippen molar-refractivity contribution in [3.05, 3.63) is 115 Å². The fraction of sp³-hybridized carbons (Fsp3) is 0. The van der Waals surface area contributed by atoms with Gasteiger partial charge in [-0.1, -0.05) is 30.3 Å². The zero-order chi connectivity index (χ0) is 24.4. The molecule has 172 valence electrons. The number of nitrogens with zero attached hydrogens (tertiary/aromatic N) is 5. The topological polar surface area (TPSA) is 129 Å². The molecule has 0 bridgehead atoms. The predicted molar refractivity (Wildman–Crippen MR) is 132 cm³/mol. The number of para-hydroxylation sites is 3. The molecular formula is C24H15N5O5S. The van der Waals surface area contributed by atoms with Gasteiger partial charge in [-0.05, 0) is 35.9 Å². The van der Waals surface area contributed by atoms with E-state index in [2.05, 4.69) is 10.1 Å². The van der Waals surface area contributed by atoms with Gasteiger partial charge < -0.3 is 4.42 Å². The fourth-order valence-electron chi connectivity index (χ4n) is 3.39. The molecule has 0 atom stereocenters. The third-order valence-corrected chi connectivity index (χ3v) is 5.90. The average molecular weight is 485 g/mol. The van der Waals surface area contributed by atoms with Crippen LogP contribution in [0.2, 0.25) is 0 Å². The number of non-ortho nitro benzene ring substituents is 1. The first-order chi connectivity index (χ1) is 17.0. The highest BCUT2D eigenvalue weighted by molar-refractivity contribution is 7.07. The Hall–Kier alpha value is -4.90. The van der Waals surface area contributed by atoms with E-state index in [1.807, 2.05) is 30.3 Å². The van der Waals surface area contributed by atoms with Gasteiger partial charge in [0.05, 0.1) is 16.1 Å². The van der Waals surface area contributed by atoms with Crippen LogP contribution in [-0.2, 0) is 0 Å².